The maximum atomic E-state index is 4.96. The molecule has 0 saturated heterocycles. The SMILES string of the molecule is C1=CC(=C(c2ccccc2)c2ccc(-c3ccccc3)[nH]2)N=C1c1ccccc1. The van der Waals surface area contributed by atoms with E-state index < -0.39 is 0 Å². The average molecular weight is 372 g/mol. The Morgan fingerprint density at radius 2 is 1.21 bits per heavy atom. The Morgan fingerprint density at radius 3 is 1.90 bits per heavy atom. The van der Waals surface area contributed by atoms with Gasteiger partial charge in [-0.15, -0.1) is 0 Å². The molecule has 1 aliphatic heterocycles. The summed E-state index contributed by atoms with van der Waals surface area (Å²) in [5.41, 5.74) is 8.67. The van der Waals surface area contributed by atoms with Crippen molar-refractivity contribution in [2.24, 2.45) is 4.99 Å². The molecule has 0 spiro atoms. The van der Waals surface area contributed by atoms with Crippen molar-refractivity contribution in [2.75, 3.05) is 0 Å². The van der Waals surface area contributed by atoms with Gasteiger partial charge in [0.2, 0.25) is 0 Å². The zero-order valence-corrected chi connectivity index (χ0v) is 15.9. The smallest absolute Gasteiger partial charge is 0.0737 e. The molecule has 1 aliphatic rings. The maximum Gasteiger partial charge on any atom is 0.0737 e. The lowest BCUT2D eigenvalue weighted by Gasteiger charge is -2.09. The van der Waals surface area contributed by atoms with Crippen LogP contribution in [0.1, 0.15) is 16.8 Å². The van der Waals surface area contributed by atoms with Crippen LogP contribution in [-0.2, 0) is 0 Å². The Hall–Kier alpha value is -3.91. The lowest BCUT2D eigenvalue weighted by atomic mass is 10.0. The highest BCUT2D eigenvalue weighted by Gasteiger charge is 2.16. The minimum absolute atomic E-state index is 0.969. The first-order chi connectivity index (χ1) is 14.4. The fourth-order valence-corrected chi connectivity index (χ4v) is 3.64. The van der Waals surface area contributed by atoms with Gasteiger partial charge in [0.15, 0.2) is 0 Å². The van der Waals surface area contributed by atoms with E-state index in [-0.39, 0.29) is 0 Å². The molecule has 0 amide bonds. The number of aromatic nitrogens is 1. The van der Waals surface area contributed by atoms with Crippen LogP contribution in [0.4, 0.5) is 0 Å². The van der Waals surface area contributed by atoms with Crippen molar-refractivity contribution in [1.82, 2.24) is 4.98 Å². The van der Waals surface area contributed by atoms with E-state index in [9.17, 15) is 0 Å². The summed E-state index contributed by atoms with van der Waals surface area (Å²) in [5.74, 6) is 0. The van der Waals surface area contributed by atoms with Gasteiger partial charge >= 0.3 is 0 Å². The third-order valence-corrected chi connectivity index (χ3v) is 5.07. The molecule has 0 aliphatic carbocycles. The molecule has 29 heavy (non-hydrogen) atoms. The predicted octanol–water partition coefficient (Wildman–Crippen LogP) is 6.50. The molecule has 3 aromatic carbocycles. The van der Waals surface area contributed by atoms with Crippen LogP contribution in [-0.4, -0.2) is 10.7 Å². The second kappa shape index (κ2) is 7.61. The number of benzene rings is 3. The van der Waals surface area contributed by atoms with E-state index in [0.29, 0.717) is 0 Å². The Morgan fingerprint density at radius 1 is 0.586 bits per heavy atom. The number of H-pyrrole nitrogens is 1. The van der Waals surface area contributed by atoms with Gasteiger partial charge in [0.1, 0.15) is 0 Å². The zero-order chi connectivity index (χ0) is 19.5. The van der Waals surface area contributed by atoms with Crippen molar-refractivity contribution >= 4 is 11.3 Å². The Labute approximate surface area is 170 Å². The highest BCUT2D eigenvalue weighted by molar-refractivity contribution is 6.12. The van der Waals surface area contributed by atoms with Gasteiger partial charge in [-0.3, -0.25) is 0 Å². The largest absolute Gasteiger partial charge is 0.354 e. The van der Waals surface area contributed by atoms with Gasteiger partial charge in [0.05, 0.1) is 11.4 Å². The minimum Gasteiger partial charge on any atom is -0.354 e. The summed E-state index contributed by atoms with van der Waals surface area (Å²) in [6.45, 7) is 0. The summed E-state index contributed by atoms with van der Waals surface area (Å²) in [7, 11) is 0. The van der Waals surface area contributed by atoms with Crippen molar-refractivity contribution < 1.29 is 0 Å². The molecule has 4 aromatic rings. The highest BCUT2D eigenvalue weighted by atomic mass is 14.8. The number of hydrogen-bond donors (Lipinski definition) is 1. The van der Waals surface area contributed by atoms with E-state index >= 15 is 0 Å². The van der Waals surface area contributed by atoms with Crippen LogP contribution in [0.2, 0.25) is 0 Å². The molecule has 138 valence electrons. The van der Waals surface area contributed by atoms with Crippen LogP contribution >= 0.6 is 0 Å². The van der Waals surface area contributed by atoms with Crippen LogP contribution in [0.3, 0.4) is 0 Å². The van der Waals surface area contributed by atoms with Crippen molar-refractivity contribution in [3.05, 3.63) is 138 Å². The van der Waals surface area contributed by atoms with Crippen LogP contribution in [0.15, 0.2) is 126 Å². The lowest BCUT2D eigenvalue weighted by Crippen LogP contribution is -1.94. The molecule has 1 N–H and O–H groups in total. The predicted molar refractivity (Wildman–Crippen MR) is 121 cm³/mol. The van der Waals surface area contributed by atoms with Gasteiger partial charge in [-0.1, -0.05) is 91.0 Å². The summed E-state index contributed by atoms with van der Waals surface area (Å²) in [6, 6.07) is 35.4. The summed E-state index contributed by atoms with van der Waals surface area (Å²) < 4.78 is 0. The first-order valence-corrected chi connectivity index (χ1v) is 9.75. The quantitative estimate of drug-likeness (QED) is 0.423. The standard InChI is InChI=1S/C27H20N2/c1-4-10-20(11-5-1)23-16-18-25(28-23)27(22-14-8-3-9-15-22)26-19-17-24(29-26)21-12-6-2-7-13-21/h1-19,28H. The van der Waals surface area contributed by atoms with E-state index in [1.54, 1.807) is 0 Å². The molecule has 2 heteroatoms. The Balaban J connectivity index is 1.63. The molecule has 2 heterocycles. The number of hydrogen-bond acceptors (Lipinski definition) is 1. The summed E-state index contributed by atoms with van der Waals surface area (Å²) in [6.07, 6.45) is 4.20. The molecule has 2 nitrogen and oxygen atoms in total. The number of aliphatic imine (C=N–C) groups is 1. The van der Waals surface area contributed by atoms with E-state index in [0.717, 1.165) is 39.5 Å². The second-order valence-electron chi connectivity index (χ2n) is 6.97. The lowest BCUT2D eigenvalue weighted by molar-refractivity contribution is 1.31. The Bertz CT molecular complexity index is 1210. The zero-order valence-electron chi connectivity index (χ0n) is 15.9. The third-order valence-electron chi connectivity index (χ3n) is 5.07. The third kappa shape index (κ3) is 3.48. The van der Waals surface area contributed by atoms with Crippen molar-refractivity contribution in [3.63, 3.8) is 0 Å². The molecule has 0 saturated carbocycles. The number of nitrogens with one attached hydrogen (secondary N) is 1. The van der Waals surface area contributed by atoms with Gasteiger partial charge in [0, 0.05) is 22.5 Å². The molecule has 5 rings (SSSR count). The fraction of sp³-hybridized carbons (Fsp3) is 0. The summed E-state index contributed by atoms with van der Waals surface area (Å²) >= 11 is 0. The Kier molecular flexibility index (Phi) is 4.51. The molecule has 0 unspecified atom stereocenters. The molecule has 1 aromatic heterocycles. The van der Waals surface area contributed by atoms with Gasteiger partial charge in [-0.2, -0.15) is 0 Å². The molecule has 0 atom stereocenters. The monoisotopic (exact) mass is 372 g/mol. The van der Waals surface area contributed by atoms with Gasteiger partial charge < -0.3 is 4.98 Å². The van der Waals surface area contributed by atoms with Gasteiger partial charge in [-0.25, -0.2) is 4.99 Å². The first kappa shape index (κ1) is 17.2. The van der Waals surface area contributed by atoms with E-state index in [1.807, 2.05) is 30.3 Å². The van der Waals surface area contributed by atoms with Crippen LogP contribution in [0.5, 0.6) is 0 Å². The minimum atomic E-state index is 0.969. The fourth-order valence-electron chi connectivity index (χ4n) is 3.64. The second-order valence-corrected chi connectivity index (χ2v) is 6.97. The van der Waals surface area contributed by atoms with E-state index in [1.165, 1.54) is 5.56 Å². The maximum absolute atomic E-state index is 4.96. The summed E-state index contributed by atoms with van der Waals surface area (Å²) in [4.78, 5) is 8.56. The highest BCUT2D eigenvalue weighted by Crippen LogP contribution is 2.32. The van der Waals surface area contributed by atoms with Crippen LogP contribution in [0.25, 0.3) is 16.8 Å². The number of allylic oxidation sites excluding steroid dienone is 2. The summed E-state index contributed by atoms with van der Waals surface area (Å²) in [5, 5.41) is 0. The van der Waals surface area contributed by atoms with Crippen molar-refractivity contribution in [2.45, 2.75) is 0 Å². The van der Waals surface area contributed by atoms with Crippen molar-refractivity contribution in [3.8, 4) is 11.3 Å². The van der Waals surface area contributed by atoms with E-state index in [4.69, 9.17) is 4.99 Å². The number of nitrogens with zero attached hydrogens (tertiary/aromatic N) is 1. The van der Waals surface area contributed by atoms with Crippen LogP contribution < -0.4 is 0 Å². The normalized spacial score (nSPS) is 14.7. The van der Waals surface area contributed by atoms with Crippen LogP contribution in [0, 0.1) is 0 Å². The number of rotatable bonds is 4. The van der Waals surface area contributed by atoms with E-state index in [2.05, 4.69) is 89.9 Å². The van der Waals surface area contributed by atoms with Gasteiger partial charge in [-0.05, 0) is 35.4 Å². The topological polar surface area (TPSA) is 28.1 Å². The average Bonchev–Trinajstić information content (AvgIpc) is 3.47. The molecular formula is C27H20N2. The molecular weight excluding hydrogens is 352 g/mol. The molecule has 0 fully saturated rings. The number of aromatic amines is 1. The van der Waals surface area contributed by atoms with Crippen molar-refractivity contribution in [1.29, 1.82) is 0 Å². The molecule has 0 radical (unpaired) electrons. The van der Waals surface area contributed by atoms with Gasteiger partial charge in [0.25, 0.3) is 0 Å². The first-order valence-electron chi connectivity index (χ1n) is 9.75. The molecule has 0 bridgehead atoms.